The average Bonchev–Trinajstić information content (AvgIpc) is 2.38. The van der Waals surface area contributed by atoms with Crippen molar-refractivity contribution in [3.05, 3.63) is 39.9 Å². The van der Waals surface area contributed by atoms with Crippen molar-refractivity contribution in [3.63, 3.8) is 0 Å². The number of benzene rings is 1. The molecule has 0 saturated heterocycles. The van der Waals surface area contributed by atoms with Crippen molar-refractivity contribution in [1.82, 2.24) is 5.43 Å². The fourth-order valence-corrected chi connectivity index (χ4v) is 1.26. The number of nitrogens with zero attached hydrogens (tertiary/aromatic N) is 2. The van der Waals surface area contributed by atoms with Crippen molar-refractivity contribution < 1.29 is 9.72 Å². The summed E-state index contributed by atoms with van der Waals surface area (Å²) in [5.74, 6) is -0.377. The van der Waals surface area contributed by atoms with Crippen molar-refractivity contribution in [3.8, 4) is 0 Å². The van der Waals surface area contributed by atoms with Crippen LogP contribution in [0.2, 0.25) is 0 Å². The molecule has 0 aliphatic heterocycles. The van der Waals surface area contributed by atoms with E-state index in [0.29, 0.717) is 5.56 Å². The number of carbonyl (C=O) groups is 1. The molecular weight excluding hydrogens is 234 g/mol. The monoisotopic (exact) mass is 249 g/mol. The molecule has 6 nitrogen and oxygen atoms in total. The number of rotatable bonds is 6. The van der Waals surface area contributed by atoms with Gasteiger partial charge < -0.3 is 0 Å². The number of hydrogen-bond donors (Lipinski definition) is 1. The number of unbranched alkanes of at least 4 members (excludes halogenated alkanes) is 2. The highest BCUT2D eigenvalue weighted by Crippen LogP contribution is 2.11. The van der Waals surface area contributed by atoms with Crippen LogP contribution >= 0.6 is 0 Å². The van der Waals surface area contributed by atoms with Crippen LogP contribution < -0.4 is 5.43 Å². The highest BCUT2D eigenvalue weighted by Gasteiger charge is 2.08. The van der Waals surface area contributed by atoms with Gasteiger partial charge in [-0.05, 0) is 25.0 Å². The average molecular weight is 249 g/mol. The van der Waals surface area contributed by atoms with Crippen LogP contribution in [0.3, 0.4) is 0 Å². The van der Waals surface area contributed by atoms with E-state index >= 15 is 0 Å². The molecule has 1 aromatic rings. The molecule has 0 unspecified atom stereocenters. The maximum Gasteiger partial charge on any atom is 0.271 e. The molecule has 0 fully saturated rings. The molecule has 0 aliphatic carbocycles. The lowest BCUT2D eigenvalue weighted by Gasteiger charge is -1.99. The maximum atomic E-state index is 11.6. The lowest BCUT2D eigenvalue weighted by molar-refractivity contribution is -0.384. The zero-order chi connectivity index (χ0) is 13.4. The van der Waals surface area contributed by atoms with Gasteiger partial charge in [0.25, 0.3) is 11.6 Å². The summed E-state index contributed by atoms with van der Waals surface area (Å²) < 4.78 is 0. The summed E-state index contributed by atoms with van der Waals surface area (Å²) in [4.78, 5) is 21.5. The Kier molecular flexibility index (Phi) is 5.50. The number of nitro benzene ring substituents is 1. The van der Waals surface area contributed by atoms with E-state index in [2.05, 4.69) is 17.5 Å². The summed E-state index contributed by atoms with van der Waals surface area (Å²) >= 11 is 0. The first-order valence-electron chi connectivity index (χ1n) is 5.71. The van der Waals surface area contributed by atoms with Crippen LogP contribution in [0.4, 0.5) is 5.69 Å². The largest absolute Gasteiger partial charge is 0.271 e. The van der Waals surface area contributed by atoms with Crippen molar-refractivity contribution >= 4 is 17.8 Å². The minimum Gasteiger partial charge on any atom is -0.267 e. The molecule has 0 aliphatic rings. The number of carbonyl (C=O) groups excluding carboxylic acids is 1. The van der Waals surface area contributed by atoms with Crippen LogP contribution in [0.5, 0.6) is 0 Å². The van der Waals surface area contributed by atoms with Crippen LogP contribution in [0.15, 0.2) is 29.4 Å². The van der Waals surface area contributed by atoms with E-state index in [1.54, 1.807) is 6.21 Å². The number of amides is 1. The summed E-state index contributed by atoms with van der Waals surface area (Å²) in [6.45, 7) is 2.07. The Bertz CT molecular complexity index is 440. The van der Waals surface area contributed by atoms with E-state index in [9.17, 15) is 14.9 Å². The molecule has 0 atom stereocenters. The van der Waals surface area contributed by atoms with Gasteiger partial charge in [-0.2, -0.15) is 5.10 Å². The van der Waals surface area contributed by atoms with Crippen LogP contribution in [-0.2, 0) is 0 Å². The molecule has 6 heteroatoms. The first kappa shape index (κ1) is 13.8. The van der Waals surface area contributed by atoms with Crippen LogP contribution in [0.1, 0.15) is 36.5 Å². The molecule has 1 N–H and O–H groups in total. The number of nitro groups is 1. The molecule has 0 bridgehead atoms. The van der Waals surface area contributed by atoms with Crippen molar-refractivity contribution in [1.29, 1.82) is 0 Å². The molecule has 96 valence electrons. The Morgan fingerprint density at radius 3 is 2.67 bits per heavy atom. The quantitative estimate of drug-likeness (QED) is 0.364. The lowest BCUT2D eigenvalue weighted by Crippen LogP contribution is -2.17. The van der Waals surface area contributed by atoms with E-state index < -0.39 is 4.92 Å². The second-order valence-electron chi connectivity index (χ2n) is 3.70. The van der Waals surface area contributed by atoms with Gasteiger partial charge in [0.2, 0.25) is 0 Å². The Hall–Kier alpha value is -2.24. The molecule has 0 heterocycles. The third kappa shape index (κ3) is 4.32. The fourth-order valence-electron chi connectivity index (χ4n) is 1.26. The normalized spacial score (nSPS) is 10.5. The fraction of sp³-hybridized carbons (Fsp3) is 0.333. The zero-order valence-corrected chi connectivity index (χ0v) is 10.1. The smallest absolute Gasteiger partial charge is 0.267 e. The minimum atomic E-state index is -0.509. The Morgan fingerprint density at radius 1 is 1.44 bits per heavy atom. The maximum absolute atomic E-state index is 11.6. The van der Waals surface area contributed by atoms with Crippen molar-refractivity contribution in [2.75, 3.05) is 0 Å². The van der Waals surface area contributed by atoms with Gasteiger partial charge in [0.15, 0.2) is 0 Å². The molecule has 1 amide bonds. The molecular formula is C12H15N3O3. The summed E-state index contributed by atoms with van der Waals surface area (Å²) in [5, 5.41) is 14.2. The van der Waals surface area contributed by atoms with Crippen molar-refractivity contribution in [2.24, 2.45) is 5.10 Å². The van der Waals surface area contributed by atoms with Gasteiger partial charge in [0, 0.05) is 23.9 Å². The summed E-state index contributed by atoms with van der Waals surface area (Å²) in [6.07, 6.45) is 4.56. The predicted molar refractivity (Wildman–Crippen MR) is 68.6 cm³/mol. The van der Waals surface area contributed by atoms with E-state index in [1.165, 1.54) is 24.3 Å². The lowest BCUT2D eigenvalue weighted by atomic mass is 10.2. The second-order valence-corrected chi connectivity index (χ2v) is 3.70. The molecule has 0 saturated carbocycles. The molecule has 0 aromatic heterocycles. The summed E-state index contributed by atoms with van der Waals surface area (Å²) in [5.41, 5.74) is 2.66. The summed E-state index contributed by atoms with van der Waals surface area (Å²) in [6, 6.07) is 5.37. The second kappa shape index (κ2) is 7.16. The Labute approximate surface area is 105 Å². The number of hydrogen-bond acceptors (Lipinski definition) is 4. The zero-order valence-electron chi connectivity index (χ0n) is 10.1. The third-order valence-electron chi connectivity index (χ3n) is 2.28. The van der Waals surface area contributed by atoms with Crippen molar-refractivity contribution in [2.45, 2.75) is 26.2 Å². The van der Waals surface area contributed by atoms with Gasteiger partial charge in [-0.25, -0.2) is 5.43 Å². The van der Waals surface area contributed by atoms with Gasteiger partial charge in [-0.15, -0.1) is 0 Å². The van der Waals surface area contributed by atoms with Gasteiger partial charge in [-0.3, -0.25) is 14.9 Å². The Morgan fingerprint density at radius 2 is 2.11 bits per heavy atom. The first-order valence-corrected chi connectivity index (χ1v) is 5.71. The topological polar surface area (TPSA) is 84.6 Å². The van der Waals surface area contributed by atoms with Gasteiger partial charge in [0.1, 0.15) is 0 Å². The van der Waals surface area contributed by atoms with Gasteiger partial charge >= 0.3 is 0 Å². The number of nitrogens with one attached hydrogen (secondary N) is 1. The molecule has 1 rings (SSSR count). The van der Waals surface area contributed by atoms with Crippen LogP contribution in [-0.4, -0.2) is 17.0 Å². The third-order valence-corrected chi connectivity index (χ3v) is 2.28. The SMILES string of the molecule is CCCC/C=N\NC(=O)c1ccc([N+](=O)[O-])cc1. The molecule has 0 radical (unpaired) electrons. The summed E-state index contributed by atoms with van der Waals surface area (Å²) in [7, 11) is 0. The Balaban J connectivity index is 2.51. The van der Waals surface area contributed by atoms with Gasteiger partial charge in [-0.1, -0.05) is 13.3 Å². The van der Waals surface area contributed by atoms with E-state index in [4.69, 9.17) is 0 Å². The predicted octanol–water partition coefficient (Wildman–Crippen LogP) is 2.50. The first-order chi connectivity index (χ1) is 8.65. The van der Waals surface area contributed by atoms with E-state index in [-0.39, 0.29) is 11.6 Å². The van der Waals surface area contributed by atoms with E-state index in [0.717, 1.165) is 19.3 Å². The highest BCUT2D eigenvalue weighted by molar-refractivity contribution is 5.94. The molecule has 1 aromatic carbocycles. The highest BCUT2D eigenvalue weighted by atomic mass is 16.6. The standard InChI is InChI=1S/C12H15N3O3/c1-2-3-4-9-13-14-12(16)10-5-7-11(8-6-10)15(17)18/h5-9H,2-4H2,1H3,(H,14,16)/b13-9-. The van der Waals surface area contributed by atoms with Crippen LogP contribution in [0.25, 0.3) is 0 Å². The molecule has 18 heavy (non-hydrogen) atoms. The molecule has 0 spiro atoms. The number of non-ortho nitro benzene ring substituents is 1. The number of hydrazone groups is 1. The minimum absolute atomic E-state index is 0.0435. The van der Waals surface area contributed by atoms with Gasteiger partial charge in [0.05, 0.1) is 4.92 Å². The van der Waals surface area contributed by atoms with Crippen LogP contribution in [0, 0.1) is 10.1 Å². The van der Waals surface area contributed by atoms with E-state index in [1.807, 2.05) is 0 Å².